The van der Waals surface area contributed by atoms with Crippen molar-refractivity contribution in [1.82, 2.24) is 0 Å². The lowest BCUT2D eigenvalue weighted by atomic mass is 10.1. The third-order valence-corrected chi connectivity index (χ3v) is 2.62. The topological polar surface area (TPSA) is 60.8 Å². The summed E-state index contributed by atoms with van der Waals surface area (Å²) in [7, 11) is 0. The van der Waals surface area contributed by atoms with Crippen molar-refractivity contribution in [3.05, 3.63) is 23.8 Å². The number of carboxylic acids is 1. The van der Waals surface area contributed by atoms with Crippen molar-refractivity contribution in [3.8, 4) is 5.75 Å². The summed E-state index contributed by atoms with van der Waals surface area (Å²) >= 11 is 0. The fraction of sp³-hybridized carbons (Fsp3) is 0.462. The third-order valence-electron chi connectivity index (χ3n) is 2.62. The highest BCUT2D eigenvalue weighted by molar-refractivity contribution is 5.91. The van der Waals surface area contributed by atoms with Crippen LogP contribution in [0.3, 0.4) is 0 Å². The molecule has 2 N–H and O–H groups in total. The van der Waals surface area contributed by atoms with Gasteiger partial charge in [-0.15, -0.1) is 0 Å². The number of phenols is 1. The number of rotatable bonds is 4. The largest absolute Gasteiger partial charge is 0.507 e. The summed E-state index contributed by atoms with van der Waals surface area (Å²) in [6, 6.07) is 5.23. The second-order valence-corrected chi connectivity index (χ2v) is 4.60. The zero-order valence-corrected chi connectivity index (χ0v) is 10.6. The summed E-state index contributed by atoms with van der Waals surface area (Å²) in [4.78, 5) is 12.9. The van der Waals surface area contributed by atoms with E-state index < -0.39 is 5.97 Å². The van der Waals surface area contributed by atoms with E-state index in [1.165, 1.54) is 12.1 Å². The molecule has 1 aromatic rings. The Morgan fingerprint density at radius 2 is 1.71 bits per heavy atom. The number of aromatic carboxylic acids is 1. The van der Waals surface area contributed by atoms with Crippen LogP contribution in [0.25, 0.3) is 0 Å². The summed E-state index contributed by atoms with van der Waals surface area (Å²) in [6.45, 7) is 8.23. The summed E-state index contributed by atoms with van der Waals surface area (Å²) in [5.74, 6) is -1.31. The van der Waals surface area contributed by atoms with Crippen molar-refractivity contribution in [3.63, 3.8) is 0 Å². The molecule has 17 heavy (non-hydrogen) atoms. The molecule has 0 aliphatic carbocycles. The van der Waals surface area contributed by atoms with Gasteiger partial charge in [-0.25, -0.2) is 4.79 Å². The average molecular weight is 237 g/mol. The Labute approximate surface area is 101 Å². The number of carbonyl (C=O) groups is 1. The molecule has 0 heterocycles. The Morgan fingerprint density at radius 3 is 2.06 bits per heavy atom. The van der Waals surface area contributed by atoms with E-state index in [9.17, 15) is 9.90 Å². The van der Waals surface area contributed by atoms with Crippen LogP contribution >= 0.6 is 0 Å². The molecule has 0 fully saturated rings. The molecule has 4 nitrogen and oxygen atoms in total. The van der Waals surface area contributed by atoms with Crippen molar-refractivity contribution in [2.24, 2.45) is 0 Å². The van der Waals surface area contributed by atoms with Crippen molar-refractivity contribution in [2.75, 3.05) is 4.90 Å². The highest BCUT2D eigenvalue weighted by Gasteiger charge is 2.17. The predicted molar refractivity (Wildman–Crippen MR) is 67.8 cm³/mol. The van der Waals surface area contributed by atoms with E-state index in [0.717, 1.165) is 5.69 Å². The molecule has 0 radical (unpaired) electrons. The third kappa shape index (κ3) is 2.90. The van der Waals surface area contributed by atoms with E-state index >= 15 is 0 Å². The average Bonchev–Trinajstić information content (AvgIpc) is 2.15. The Balaban J connectivity index is 3.15. The molecule has 1 rings (SSSR count). The fourth-order valence-corrected chi connectivity index (χ4v) is 2.05. The molecule has 0 saturated heterocycles. The zero-order valence-electron chi connectivity index (χ0n) is 10.6. The van der Waals surface area contributed by atoms with E-state index in [-0.39, 0.29) is 23.4 Å². The maximum atomic E-state index is 10.8. The standard InChI is InChI=1S/C13H19NO3/c1-8(2)14(9(3)4)10-5-6-11(13(16)17)12(15)7-10/h5-9,15H,1-4H3,(H,16,17). The van der Waals surface area contributed by atoms with Gasteiger partial charge >= 0.3 is 5.97 Å². The van der Waals surface area contributed by atoms with Gasteiger partial charge in [0.2, 0.25) is 0 Å². The smallest absolute Gasteiger partial charge is 0.339 e. The predicted octanol–water partition coefficient (Wildman–Crippen LogP) is 2.71. The van der Waals surface area contributed by atoms with Crippen molar-refractivity contribution in [1.29, 1.82) is 0 Å². The fourth-order valence-electron chi connectivity index (χ4n) is 2.05. The molecular weight excluding hydrogens is 218 g/mol. The number of aromatic hydroxyl groups is 1. The van der Waals surface area contributed by atoms with Gasteiger partial charge in [0, 0.05) is 23.8 Å². The van der Waals surface area contributed by atoms with Gasteiger partial charge in [-0.05, 0) is 39.8 Å². The first-order chi connectivity index (χ1) is 7.84. The van der Waals surface area contributed by atoms with E-state index in [2.05, 4.69) is 32.6 Å². The van der Waals surface area contributed by atoms with Gasteiger partial charge in [-0.1, -0.05) is 0 Å². The zero-order chi connectivity index (χ0) is 13.2. The molecule has 0 amide bonds. The number of carboxylic acid groups (broad SMARTS) is 1. The van der Waals surface area contributed by atoms with Crippen LogP contribution in [0.5, 0.6) is 5.75 Å². The van der Waals surface area contributed by atoms with Crippen LogP contribution in [0.4, 0.5) is 5.69 Å². The molecule has 0 aliphatic heterocycles. The van der Waals surface area contributed by atoms with Gasteiger partial charge < -0.3 is 15.1 Å². The highest BCUT2D eigenvalue weighted by atomic mass is 16.4. The summed E-state index contributed by atoms with van der Waals surface area (Å²) in [5, 5.41) is 18.5. The number of hydrogen-bond acceptors (Lipinski definition) is 3. The monoisotopic (exact) mass is 237 g/mol. The normalized spacial score (nSPS) is 10.9. The Kier molecular flexibility index (Phi) is 3.99. The highest BCUT2D eigenvalue weighted by Crippen LogP contribution is 2.27. The second kappa shape index (κ2) is 5.08. The van der Waals surface area contributed by atoms with E-state index in [4.69, 9.17) is 5.11 Å². The van der Waals surface area contributed by atoms with Crippen molar-refractivity contribution < 1.29 is 15.0 Å². The maximum absolute atomic E-state index is 10.8. The summed E-state index contributed by atoms with van der Waals surface area (Å²) in [5.41, 5.74) is 0.763. The van der Waals surface area contributed by atoms with Gasteiger partial charge in [-0.2, -0.15) is 0 Å². The Hall–Kier alpha value is -1.71. The molecule has 94 valence electrons. The minimum Gasteiger partial charge on any atom is -0.507 e. The second-order valence-electron chi connectivity index (χ2n) is 4.60. The van der Waals surface area contributed by atoms with Crippen LogP contribution < -0.4 is 4.90 Å². The van der Waals surface area contributed by atoms with Crippen LogP contribution in [0.15, 0.2) is 18.2 Å². The first-order valence-corrected chi connectivity index (χ1v) is 5.69. The van der Waals surface area contributed by atoms with E-state index in [1.807, 2.05) is 0 Å². The van der Waals surface area contributed by atoms with Gasteiger partial charge in [-0.3, -0.25) is 0 Å². The first kappa shape index (κ1) is 13.4. The van der Waals surface area contributed by atoms with Crippen LogP contribution in [0, 0.1) is 0 Å². The van der Waals surface area contributed by atoms with Crippen LogP contribution in [0.1, 0.15) is 38.1 Å². The molecule has 4 heteroatoms. The van der Waals surface area contributed by atoms with Gasteiger partial charge in [0.1, 0.15) is 11.3 Å². The van der Waals surface area contributed by atoms with Crippen molar-refractivity contribution in [2.45, 2.75) is 39.8 Å². The van der Waals surface area contributed by atoms with E-state index in [1.54, 1.807) is 6.07 Å². The Bertz CT molecular complexity index is 405. The lowest BCUT2D eigenvalue weighted by molar-refractivity contribution is 0.0694. The molecule has 0 bridgehead atoms. The molecule has 1 aromatic carbocycles. The quantitative estimate of drug-likeness (QED) is 0.845. The van der Waals surface area contributed by atoms with Crippen LogP contribution in [0.2, 0.25) is 0 Å². The molecule has 0 aliphatic rings. The minimum absolute atomic E-state index is 0.0683. The lowest BCUT2D eigenvalue weighted by Gasteiger charge is -2.33. The molecular formula is C13H19NO3. The Morgan fingerprint density at radius 1 is 1.18 bits per heavy atom. The van der Waals surface area contributed by atoms with Gasteiger partial charge in [0.05, 0.1) is 0 Å². The SMILES string of the molecule is CC(C)N(c1ccc(C(=O)O)c(O)c1)C(C)C. The number of anilines is 1. The van der Waals surface area contributed by atoms with Gasteiger partial charge in [0.15, 0.2) is 0 Å². The minimum atomic E-state index is -1.12. The maximum Gasteiger partial charge on any atom is 0.339 e. The molecule has 0 aromatic heterocycles. The molecule has 0 saturated carbocycles. The number of nitrogens with zero attached hydrogens (tertiary/aromatic N) is 1. The number of benzene rings is 1. The van der Waals surface area contributed by atoms with Crippen LogP contribution in [-0.2, 0) is 0 Å². The molecule has 0 unspecified atom stereocenters. The van der Waals surface area contributed by atoms with Gasteiger partial charge in [0.25, 0.3) is 0 Å². The molecule has 0 atom stereocenters. The van der Waals surface area contributed by atoms with E-state index in [0.29, 0.717) is 0 Å². The summed E-state index contributed by atoms with van der Waals surface area (Å²) in [6.07, 6.45) is 0. The van der Waals surface area contributed by atoms with Crippen molar-refractivity contribution >= 4 is 11.7 Å². The molecule has 0 spiro atoms. The summed E-state index contributed by atoms with van der Waals surface area (Å²) < 4.78 is 0. The first-order valence-electron chi connectivity index (χ1n) is 5.69. The number of hydrogen-bond donors (Lipinski definition) is 2. The van der Waals surface area contributed by atoms with Crippen LogP contribution in [-0.4, -0.2) is 28.3 Å². The lowest BCUT2D eigenvalue weighted by Crippen LogP contribution is -2.36.